The molecule has 2 aromatic carbocycles. The summed E-state index contributed by atoms with van der Waals surface area (Å²) in [6, 6.07) is 18.7. The molecule has 1 heterocycles. The second-order valence-electron chi connectivity index (χ2n) is 6.83. The van der Waals surface area contributed by atoms with E-state index in [0.29, 0.717) is 12.5 Å². The van der Waals surface area contributed by atoms with Crippen molar-refractivity contribution < 1.29 is 9.47 Å². The summed E-state index contributed by atoms with van der Waals surface area (Å²) >= 11 is 0. The Kier molecular flexibility index (Phi) is 7.70. The summed E-state index contributed by atoms with van der Waals surface area (Å²) in [5, 5.41) is 3.22. The number of guanidine groups is 1. The van der Waals surface area contributed by atoms with Gasteiger partial charge in [-0.3, -0.25) is 9.89 Å². The Morgan fingerprint density at radius 1 is 1.14 bits per heavy atom. The summed E-state index contributed by atoms with van der Waals surface area (Å²) in [4.78, 5) is 7.03. The monoisotopic (exact) mass is 382 g/mol. The number of methoxy groups -OCH3 is 1. The van der Waals surface area contributed by atoms with E-state index in [2.05, 4.69) is 51.6 Å². The third kappa shape index (κ3) is 5.97. The molecule has 6 nitrogen and oxygen atoms in total. The molecular formula is C22H30N4O2. The van der Waals surface area contributed by atoms with Gasteiger partial charge >= 0.3 is 0 Å². The zero-order valence-electron chi connectivity index (χ0n) is 16.5. The van der Waals surface area contributed by atoms with Crippen LogP contribution in [0, 0.1) is 0 Å². The van der Waals surface area contributed by atoms with Gasteiger partial charge in [-0.15, -0.1) is 0 Å². The molecule has 0 saturated carbocycles. The fourth-order valence-electron chi connectivity index (χ4n) is 3.37. The van der Waals surface area contributed by atoms with E-state index in [1.165, 1.54) is 11.1 Å². The normalized spacial score (nSPS) is 16.5. The number of hydrogen-bond donors (Lipinski definition) is 2. The third-order valence-corrected chi connectivity index (χ3v) is 4.98. The van der Waals surface area contributed by atoms with Crippen molar-refractivity contribution in [2.24, 2.45) is 10.7 Å². The highest BCUT2D eigenvalue weighted by molar-refractivity contribution is 5.77. The number of hydrogen-bond acceptors (Lipinski definition) is 4. The first-order chi connectivity index (χ1) is 13.8. The summed E-state index contributed by atoms with van der Waals surface area (Å²) in [5.74, 6) is 1.35. The SMILES string of the molecule is COc1ccc(C(CN=C(N)NCCc2ccccc2)N2CCOCC2)cc1. The summed E-state index contributed by atoms with van der Waals surface area (Å²) in [5.41, 5.74) is 8.61. The number of morpholine rings is 1. The van der Waals surface area contributed by atoms with E-state index in [1.807, 2.05) is 18.2 Å². The van der Waals surface area contributed by atoms with Crippen molar-refractivity contribution in [2.75, 3.05) is 46.5 Å². The summed E-state index contributed by atoms with van der Waals surface area (Å²) in [7, 11) is 1.68. The standard InChI is InChI=1S/C22H30N4O2/c1-27-20-9-7-19(8-10-20)21(26-13-15-28-16-14-26)17-25-22(23)24-12-11-18-5-3-2-4-6-18/h2-10,21H,11-17H2,1H3,(H3,23,24,25). The van der Waals surface area contributed by atoms with Crippen LogP contribution in [-0.2, 0) is 11.2 Å². The molecule has 0 bridgehead atoms. The molecule has 1 atom stereocenters. The first-order valence-corrected chi connectivity index (χ1v) is 9.79. The number of rotatable bonds is 8. The van der Waals surface area contributed by atoms with Crippen LogP contribution in [0.25, 0.3) is 0 Å². The van der Waals surface area contributed by atoms with Crippen molar-refractivity contribution in [1.82, 2.24) is 10.2 Å². The number of aliphatic imine (C=N–C) groups is 1. The Morgan fingerprint density at radius 2 is 1.86 bits per heavy atom. The summed E-state index contributed by atoms with van der Waals surface area (Å²) in [6.07, 6.45) is 0.919. The van der Waals surface area contributed by atoms with Crippen molar-refractivity contribution in [3.8, 4) is 5.75 Å². The molecule has 2 aromatic rings. The molecule has 1 unspecified atom stereocenters. The van der Waals surface area contributed by atoms with E-state index >= 15 is 0 Å². The lowest BCUT2D eigenvalue weighted by Crippen LogP contribution is -2.41. The Balaban J connectivity index is 1.60. The number of benzene rings is 2. The highest BCUT2D eigenvalue weighted by Crippen LogP contribution is 2.24. The lowest BCUT2D eigenvalue weighted by molar-refractivity contribution is 0.0180. The molecule has 3 rings (SSSR count). The van der Waals surface area contributed by atoms with E-state index in [1.54, 1.807) is 7.11 Å². The van der Waals surface area contributed by atoms with Crippen molar-refractivity contribution in [3.63, 3.8) is 0 Å². The second-order valence-corrected chi connectivity index (χ2v) is 6.83. The van der Waals surface area contributed by atoms with Crippen molar-refractivity contribution >= 4 is 5.96 Å². The molecule has 150 valence electrons. The van der Waals surface area contributed by atoms with Gasteiger partial charge in [0.2, 0.25) is 0 Å². The summed E-state index contributed by atoms with van der Waals surface area (Å²) < 4.78 is 10.8. The smallest absolute Gasteiger partial charge is 0.188 e. The van der Waals surface area contributed by atoms with Crippen LogP contribution in [0.15, 0.2) is 59.6 Å². The number of nitrogens with zero attached hydrogens (tertiary/aromatic N) is 2. The van der Waals surface area contributed by atoms with Gasteiger partial charge in [-0.1, -0.05) is 42.5 Å². The van der Waals surface area contributed by atoms with Crippen LogP contribution in [0.1, 0.15) is 17.2 Å². The average molecular weight is 383 g/mol. The molecule has 0 spiro atoms. The van der Waals surface area contributed by atoms with Gasteiger partial charge in [-0.2, -0.15) is 0 Å². The molecule has 1 fully saturated rings. The van der Waals surface area contributed by atoms with Gasteiger partial charge in [0.1, 0.15) is 5.75 Å². The quantitative estimate of drug-likeness (QED) is 0.541. The predicted molar refractivity (Wildman–Crippen MR) is 113 cm³/mol. The Bertz CT molecular complexity index is 728. The number of nitrogens with two attached hydrogens (primary N) is 1. The molecule has 6 heteroatoms. The minimum Gasteiger partial charge on any atom is -0.497 e. The zero-order valence-corrected chi connectivity index (χ0v) is 16.5. The van der Waals surface area contributed by atoms with E-state index in [9.17, 15) is 0 Å². The maximum absolute atomic E-state index is 6.12. The van der Waals surface area contributed by atoms with Crippen LogP contribution < -0.4 is 15.8 Å². The van der Waals surface area contributed by atoms with Gasteiger partial charge < -0.3 is 20.5 Å². The van der Waals surface area contributed by atoms with Crippen LogP contribution >= 0.6 is 0 Å². The fourth-order valence-corrected chi connectivity index (χ4v) is 3.37. The van der Waals surface area contributed by atoms with Crippen LogP contribution in [0.5, 0.6) is 5.75 Å². The number of ether oxygens (including phenoxy) is 2. The van der Waals surface area contributed by atoms with E-state index in [4.69, 9.17) is 15.2 Å². The van der Waals surface area contributed by atoms with Crippen molar-refractivity contribution in [1.29, 1.82) is 0 Å². The second kappa shape index (κ2) is 10.7. The van der Waals surface area contributed by atoms with Gasteiger partial charge in [0.25, 0.3) is 0 Å². The van der Waals surface area contributed by atoms with E-state index in [0.717, 1.165) is 45.0 Å². The van der Waals surface area contributed by atoms with Gasteiger partial charge in [0, 0.05) is 19.6 Å². The highest BCUT2D eigenvalue weighted by atomic mass is 16.5. The predicted octanol–water partition coefficient (Wildman–Crippen LogP) is 2.22. The average Bonchev–Trinajstić information content (AvgIpc) is 2.76. The molecule has 1 aliphatic heterocycles. The van der Waals surface area contributed by atoms with Crippen LogP contribution in [0.4, 0.5) is 0 Å². The number of nitrogens with one attached hydrogen (secondary N) is 1. The molecule has 1 aliphatic rings. The zero-order chi connectivity index (χ0) is 19.6. The van der Waals surface area contributed by atoms with Crippen molar-refractivity contribution in [3.05, 3.63) is 65.7 Å². The fraction of sp³-hybridized carbons (Fsp3) is 0.409. The molecule has 0 radical (unpaired) electrons. The maximum Gasteiger partial charge on any atom is 0.188 e. The molecule has 3 N–H and O–H groups in total. The van der Waals surface area contributed by atoms with Gasteiger partial charge in [0.15, 0.2) is 5.96 Å². The third-order valence-electron chi connectivity index (χ3n) is 4.98. The molecular weight excluding hydrogens is 352 g/mol. The van der Waals surface area contributed by atoms with Crippen LogP contribution in [0.3, 0.4) is 0 Å². The molecule has 0 amide bonds. The van der Waals surface area contributed by atoms with Crippen molar-refractivity contribution in [2.45, 2.75) is 12.5 Å². The lowest BCUT2D eigenvalue weighted by atomic mass is 10.0. The topological polar surface area (TPSA) is 72.1 Å². The van der Waals surface area contributed by atoms with Gasteiger partial charge in [-0.05, 0) is 29.7 Å². The molecule has 1 saturated heterocycles. The Morgan fingerprint density at radius 3 is 2.54 bits per heavy atom. The highest BCUT2D eigenvalue weighted by Gasteiger charge is 2.22. The summed E-state index contributed by atoms with van der Waals surface area (Å²) in [6.45, 7) is 4.67. The van der Waals surface area contributed by atoms with Gasteiger partial charge in [-0.25, -0.2) is 0 Å². The maximum atomic E-state index is 6.12. The van der Waals surface area contributed by atoms with Crippen LogP contribution in [-0.4, -0.2) is 57.4 Å². The molecule has 0 aliphatic carbocycles. The first-order valence-electron chi connectivity index (χ1n) is 9.79. The Labute approximate surface area is 167 Å². The minimum absolute atomic E-state index is 0.171. The van der Waals surface area contributed by atoms with E-state index in [-0.39, 0.29) is 6.04 Å². The van der Waals surface area contributed by atoms with Gasteiger partial charge in [0.05, 0.1) is 32.9 Å². The Hall–Kier alpha value is -2.57. The molecule has 0 aromatic heterocycles. The molecule has 28 heavy (non-hydrogen) atoms. The van der Waals surface area contributed by atoms with Crippen LogP contribution in [0.2, 0.25) is 0 Å². The first kappa shape index (κ1) is 20.2. The van der Waals surface area contributed by atoms with E-state index < -0.39 is 0 Å². The minimum atomic E-state index is 0.171. The lowest BCUT2D eigenvalue weighted by Gasteiger charge is -2.34. The largest absolute Gasteiger partial charge is 0.497 e.